The quantitative estimate of drug-likeness (QED) is 0.0659. The van der Waals surface area contributed by atoms with Gasteiger partial charge in [-0.3, -0.25) is 19.3 Å². The Labute approximate surface area is 320 Å². The van der Waals surface area contributed by atoms with Gasteiger partial charge in [0, 0.05) is 41.4 Å². The molecule has 1 atom stereocenters. The van der Waals surface area contributed by atoms with Crippen molar-refractivity contribution in [2.45, 2.75) is 245 Å². The van der Waals surface area contributed by atoms with Gasteiger partial charge in [0.1, 0.15) is 6.10 Å². The van der Waals surface area contributed by atoms with Crippen LogP contribution in [0.5, 0.6) is 0 Å². The molecule has 2 fully saturated rings. The fourth-order valence-corrected chi connectivity index (χ4v) is 9.62. The van der Waals surface area contributed by atoms with E-state index >= 15 is 0 Å². The number of nitrogens with zero attached hydrogens (tertiary/aromatic N) is 2. The van der Waals surface area contributed by atoms with Crippen LogP contribution in [0.4, 0.5) is 0 Å². The Morgan fingerprint density at radius 3 is 1.40 bits per heavy atom. The summed E-state index contributed by atoms with van der Waals surface area (Å²) < 4.78 is 6.58. The number of piperidine rings is 2. The highest BCUT2D eigenvalue weighted by Crippen LogP contribution is 2.47. The number of ether oxygens (including phenoxy) is 1. The van der Waals surface area contributed by atoms with Crippen LogP contribution >= 0.6 is 0 Å². The first-order valence-corrected chi connectivity index (χ1v) is 21.8. The van der Waals surface area contributed by atoms with Crippen LogP contribution in [0.1, 0.15) is 217 Å². The lowest BCUT2D eigenvalue weighted by Gasteiger charge is -2.55. The van der Waals surface area contributed by atoms with E-state index in [2.05, 4.69) is 79.4 Å². The van der Waals surface area contributed by atoms with Gasteiger partial charge in [-0.25, -0.2) is 0 Å². The van der Waals surface area contributed by atoms with Gasteiger partial charge >= 0.3 is 11.9 Å². The molecule has 2 heterocycles. The predicted octanol–water partition coefficient (Wildman–Crippen LogP) is 11.8. The number of aliphatic carboxylic acids is 1. The monoisotopic (exact) mass is 737 g/mol. The number of hydrogen-bond acceptors (Lipinski definition) is 7. The first kappa shape index (κ1) is 46.9. The average Bonchev–Trinajstić information content (AvgIpc) is 3.02. The number of carboxylic acids is 1. The average molecular weight is 737 g/mol. The third kappa shape index (κ3) is 16.3. The SMILES string of the molecule is CCCCCCCCON1C(C)(C)CC(OC(=O)C(CCCCCCCC(=O)O)C2CC(C)(C)N(OCCCCCCCC)C(C)(C)C2)CC1(C)C. The van der Waals surface area contributed by atoms with Crippen LogP contribution in [0, 0.1) is 11.8 Å². The molecule has 0 bridgehead atoms. The minimum absolute atomic E-state index is 0.0398. The van der Waals surface area contributed by atoms with E-state index in [-0.39, 0.29) is 52.5 Å². The molecule has 0 radical (unpaired) electrons. The highest BCUT2D eigenvalue weighted by Gasteiger charge is 2.51. The zero-order valence-corrected chi connectivity index (χ0v) is 35.8. The van der Waals surface area contributed by atoms with Crippen molar-refractivity contribution in [3.63, 3.8) is 0 Å². The molecule has 52 heavy (non-hydrogen) atoms. The first-order valence-electron chi connectivity index (χ1n) is 21.8. The van der Waals surface area contributed by atoms with Crippen molar-refractivity contribution >= 4 is 11.9 Å². The standard InChI is InChI=1S/C44H84N2O6/c1-11-13-15-17-22-26-30-50-45-41(3,4)32-36(33-42(45,5)6)38(28-24-20-19-21-25-29-39(47)48)40(49)52-37-34-43(7,8)46(44(9,10)35-37)51-31-27-23-18-16-14-12-2/h36-38H,11-35H2,1-10H3,(H,47,48). The van der Waals surface area contributed by atoms with Crippen LogP contribution < -0.4 is 0 Å². The predicted molar refractivity (Wildman–Crippen MR) is 214 cm³/mol. The fourth-order valence-electron chi connectivity index (χ4n) is 9.62. The summed E-state index contributed by atoms with van der Waals surface area (Å²) in [5.41, 5.74) is -0.953. The second-order valence-electron chi connectivity index (χ2n) is 19.0. The van der Waals surface area contributed by atoms with Gasteiger partial charge in [-0.2, -0.15) is 10.1 Å². The lowest BCUT2D eigenvalue weighted by atomic mass is 9.69. The zero-order chi connectivity index (χ0) is 38.8. The molecule has 0 amide bonds. The van der Waals surface area contributed by atoms with E-state index in [1.54, 1.807) is 0 Å². The number of carbonyl (C=O) groups is 2. The Bertz CT molecular complexity index is 975. The van der Waals surface area contributed by atoms with Gasteiger partial charge in [0.15, 0.2) is 0 Å². The van der Waals surface area contributed by atoms with Gasteiger partial charge in [-0.05, 0) is 99.8 Å². The van der Waals surface area contributed by atoms with E-state index < -0.39 is 5.97 Å². The van der Waals surface area contributed by atoms with E-state index in [4.69, 9.17) is 19.5 Å². The molecule has 0 saturated carbocycles. The van der Waals surface area contributed by atoms with Gasteiger partial charge < -0.3 is 9.84 Å². The first-order chi connectivity index (χ1) is 24.5. The maximum atomic E-state index is 14.4. The highest BCUT2D eigenvalue weighted by molar-refractivity contribution is 5.73. The lowest BCUT2D eigenvalue weighted by molar-refractivity contribution is -0.295. The van der Waals surface area contributed by atoms with Crippen LogP contribution in [0.15, 0.2) is 0 Å². The van der Waals surface area contributed by atoms with Crippen LogP contribution in [-0.4, -0.2) is 68.6 Å². The van der Waals surface area contributed by atoms with Crippen molar-refractivity contribution in [1.29, 1.82) is 0 Å². The van der Waals surface area contributed by atoms with Crippen LogP contribution in [0.3, 0.4) is 0 Å². The minimum Gasteiger partial charge on any atom is -0.481 e. The normalized spacial score (nSPS) is 21.3. The molecule has 2 saturated heterocycles. The number of unbranched alkanes of at least 4 members (excludes halogenated alkanes) is 14. The molecule has 0 aromatic rings. The Hall–Kier alpha value is -1.22. The molecular weight excluding hydrogens is 652 g/mol. The summed E-state index contributed by atoms with van der Waals surface area (Å²) in [4.78, 5) is 38.4. The number of hydrogen-bond donors (Lipinski definition) is 1. The second-order valence-corrected chi connectivity index (χ2v) is 19.0. The molecule has 0 spiro atoms. The van der Waals surface area contributed by atoms with Crippen molar-refractivity contribution < 1.29 is 29.1 Å². The second kappa shape index (κ2) is 23.0. The molecule has 8 heteroatoms. The molecule has 306 valence electrons. The largest absolute Gasteiger partial charge is 0.481 e. The van der Waals surface area contributed by atoms with Crippen molar-refractivity contribution in [3.05, 3.63) is 0 Å². The molecule has 1 unspecified atom stereocenters. The number of rotatable bonds is 27. The number of esters is 1. The molecule has 2 aliphatic heterocycles. The summed E-state index contributed by atoms with van der Waals surface area (Å²) in [6, 6.07) is 0. The van der Waals surface area contributed by atoms with Gasteiger partial charge in [0.2, 0.25) is 0 Å². The molecule has 0 aromatic heterocycles. The molecule has 0 aromatic carbocycles. The summed E-state index contributed by atoms with van der Waals surface area (Å²) >= 11 is 0. The summed E-state index contributed by atoms with van der Waals surface area (Å²) in [5.74, 6) is -0.745. The molecule has 2 aliphatic rings. The van der Waals surface area contributed by atoms with E-state index in [0.29, 0.717) is 6.42 Å². The smallest absolute Gasteiger partial charge is 0.309 e. The van der Waals surface area contributed by atoms with Gasteiger partial charge in [0.05, 0.1) is 19.1 Å². The van der Waals surface area contributed by atoms with Crippen molar-refractivity contribution in [2.75, 3.05) is 13.2 Å². The van der Waals surface area contributed by atoms with Crippen molar-refractivity contribution in [1.82, 2.24) is 10.1 Å². The Morgan fingerprint density at radius 1 is 0.577 bits per heavy atom. The maximum Gasteiger partial charge on any atom is 0.309 e. The summed E-state index contributed by atoms with van der Waals surface area (Å²) in [6.45, 7) is 24.0. The Kier molecular flexibility index (Phi) is 20.7. The number of hydroxylamine groups is 4. The van der Waals surface area contributed by atoms with Crippen molar-refractivity contribution in [2.24, 2.45) is 11.8 Å². The fraction of sp³-hybridized carbons (Fsp3) is 0.955. The molecule has 0 aliphatic carbocycles. The Morgan fingerprint density at radius 2 is 0.962 bits per heavy atom. The summed E-state index contributed by atoms with van der Waals surface area (Å²) in [5, 5.41) is 13.5. The van der Waals surface area contributed by atoms with E-state index in [0.717, 1.165) is 83.8 Å². The van der Waals surface area contributed by atoms with Gasteiger partial charge in [0.25, 0.3) is 0 Å². The molecule has 1 N–H and O–H groups in total. The van der Waals surface area contributed by atoms with Crippen LogP contribution in [0.25, 0.3) is 0 Å². The highest BCUT2D eigenvalue weighted by atomic mass is 16.7. The van der Waals surface area contributed by atoms with E-state index in [1.165, 1.54) is 64.2 Å². The summed E-state index contributed by atoms with van der Waals surface area (Å²) in [7, 11) is 0. The zero-order valence-electron chi connectivity index (χ0n) is 35.8. The summed E-state index contributed by atoms with van der Waals surface area (Å²) in [6.07, 6.45) is 23.6. The molecular formula is C44H84N2O6. The van der Waals surface area contributed by atoms with E-state index in [9.17, 15) is 9.59 Å². The number of carbonyl (C=O) groups excluding carboxylic acids is 1. The third-order valence-electron chi connectivity index (χ3n) is 11.7. The van der Waals surface area contributed by atoms with Crippen LogP contribution in [-0.2, 0) is 24.0 Å². The van der Waals surface area contributed by atoms with E-state index in [1.807, 2.05) is 0 Å². The van der Waals surface area contributed by atoms with Crippen LogP contribution in [0.2, 0.25) is 0 Å². The minimum atomic E-state index is -0.725. The van der Waals surface area contributed by atoms with Gasteiger partial charge in [-0.1, -0.05) is 104 Å². The molecule has 8 nitrogen and oxygen atoms in total. The Balaban J connectivity index is 2.10. The number of carboxylic acid groups (broad SMARTS) is 1. The molecule has 2 rings (SSSR count). The lowest BCUT2D eigenvalue weighted by Crippen LogP contribution is -2.62. The van der Waals surface area contributed by atoms with Crippen molar-refractivity contribution in [3.8, 4) is 0 Å². The topological polar surface area (TPSA) is 88.5 Å². The third-order valence-corrected chi connectivity index (χ3v) is 11.7. The van der Waals surface area contributed by atoms with Gasteiger partial charge in [-0.15, -0.1) is 0 Å². The maximum absolute atomic E-state index is 14.4.